The van der Waals surface area contributed by atoms with Crippen molar-refractivity contribution in [2.45, 2.75) is 19.0 Å². The number of ether oxygens (including phenoxy) is 1. The lowest BCUT2D eigenvalue weighted by molar-refractivity contribution is -0.113. The van der Waals surface area contributed by atoms with Crippen molar-refractivity contribution in [1.29, 1.82) is 0 Å². The summed E-state index contributed by atoms with van der Waals surface area (Å²) < 4.78 is 9.71. The van der Waals surface area contributed by atoms with Gasteiger partial charge in [0.25, 0.3) is 0 Å². The zero-order valence-electron chi connectivity index (χ0n) is 12.5. The monoisotopic (exact) mass is 337 g/mol. The van der Waals surface area contributed by atoms with Crippen LogP contribution in [0.2, 0.25) is 0 Å². The van der Waals surface area contributed by atoms with E-state index < -0.39 is 5.97 Å². The van der Waals surface area contributed by atoms with Crippen LogP contribution in [-0.4, -0.2) is 39.4 Å². The molecule has 0 unspecified atom stereocenters. The van der Waals surface area contributed by atoms with Crippen LogP contribution in [-0.2, 0) is 9.53 Å². The van der Waals surface area contributed by atoms with Gasteiger partial charge in [-0.3, -0.25) is 10.1 Å². The maximum Gasteiger partial charge on any atom is 0.343 e. The van der Waals surface area contributed by atoms with Crippen molar-refractivity contribution in [2.75, 3.05) is 23.4 Å². The molecule has 2 rings (SSSR count). The van der Waals surface area contributed by atoms with Crippen LogP contribution >= 0.6 is 11.8 Å². The number of anilines is 2. The van der Waals surface area contributed by atoms with E-state index in [2.05, 4.69) is 20.4 Å². The molecular formula is C13H15N5O4S. The van der Waals surface area contributed by atoms with Gasteiger partial charge in [-0.2, -0.15) is 0 Å². The van der Waals surface area contributed by atoms with Crippen LogP contribution < -0.4 is 11.1 Å². The standard InChI is InChI=1S/C13H15N5O4S/c1-3-21-12(20)8-5-15-13(17-11(8)14)23-6-9(19)16-10-4-7(2)18-22-10/h4-5H,3,6H2,1-2H3,(H,16,19)(H2,14,15,17). The Balaban J connectivity index is 1.91. The summed E-state index contributed by atoms with van der Waals surface area (Å²) in [6.07, 6.45) is 1.28. The van der Waals surface area contributed by atoms with Crippen molar-refractivity contribution in [3.05, 3.63) is 23.5 Å². The van der Waals surface area contributed by atoms with E-state index in [0.29, 0.717) is 5.69 Å². The number of hydrogen-bond acceptors (Lipinski definition) is 9. The van der Waals surface area contributed by atoms with Gasteiger partial charge in [0, 0.05) is 12.3 Å². The first-order valence-corrected chi connectivity index (χ1v) is 7.63. The molecule has 0 bridgehead atoms. The lowest BCUT2D eigenvalue weighted by Crippen LogP contribution is -2.14. The minimum absolute atomic E-state index is 0.00668. The molecule has 0 fully saturated rings. The largest absolute Gasteiger partial charge is 0.462 e. The second kappa shape index (κ2) is 7.58. The van der Waals surface area contributed by atoms with Gasteiger partial charge >= 0.3 is 5.97 Å². The van der Waals surface area contributed by atoms with Gasteiger partial charge in [0.05, 0.1) is 18.1 Å². The lowest BCUT2D eigenvalue weighted by Gasteiger charge is -2.05. The molecule has 0 spiro atoms. The maximum absolute atomic E-state index is 11.8. The Morgan fingerprint density at radius 2 is 2.26 bits per heavy atom. The number of nitrogens with zero attached hydrogens (tertiary/aromatic N) is 3. The minimum Gasteiger partial charge on any atom is -0.462 e. The van der Waals surface area contributed by atoms with Crippen LogP contribution in [0.25, 0.3) is 0 Å². The van der Waals surface area contributed by atoms with Crippen molar-refractivity contribution in [1.82, 2.24) is 15.1 Å². The summed E-state index contributed by atoms with van der Waals surface area (Å²) in [5, 5.41) is 6.48. The number of rotatable bonds is 6. The number of nitrogens with two attached hydrogens (primary N) is 1. The van der Waals surface area contributed by atoms with Crippen LogP contribution in [0.15, 0.2) is 21.9 Å². The molecule has 10 heteroatoms. The number of hydrogen-bond donors (Lipinski definition) is 2. The molecule has 2 heterocycles. The van der Waals surface area contributed by atoms with Crippen LogP contribution in [0.3, 0.4) is 0 Å². The Bertz CT molecular complexity index is 718. The fraction of sp³-hybridized carbons (Fsp3) is 0.308. The molecule has 2 aromatic rings. The number of carbonyl (C=O) groups excluding carboxylic acids is 2. The fourth-order valence-corrected chi connectivity index (χ4v) is 2.16. The number of amides is 1. The number of carbonyl (C=O) groups is 2. The van der Waals surface area contributed by atoms with Gasteiger partial charge in [0.1, 0.15) is 11.4 Å². The van der Waals surface area contributed by atoms with Crippen LogP contribution in [0, 0.1) is 6.92 Å². The number of nitrogen functional groups attached to an aromatic ring is 1. The summed E-state index contributed by atoms with van der Waals surface area (Å²) in [6.45, 7) is 3.67. The molecule has 9 nitrogen and oxygen atoms in total. The van der Waals surface area contributed by atoms with E-state index in [0.717, 1.165) is 11.8 Å². The van der Waals surface area contributed by atoms with Crippen LogP contribution in [0.1, 0.15) is 23.0 Å². The number of nitrogens with one attached hydrogen (secondary N) is 1. The Kier molecular flexibility index (Phi) is 5.52. The van der Waals surface area contributed by atoms with E-state index in [1.54, 1.807) is 19.9 Å². The van der Waals surface area contributed by atoms with Crippen LogP contribution in [0.4, 0.5) is 11.7 Å². The van der Waals surface area contributed by atoms with Crippen molar-refractivity contribution in [2.24, 2.45) is 0 Å². The average Bonchev–Trinajstić information content (AvgIpc) is 2.90. The summed E-state index contributed by atoms with van der Waals surface area (Å²) >= 11 is 1.07. The van der Waals surface area contributed by atoms with E-state index in [9.17, 15) is 9.59 Å². The van der Waals surface area contributed by atoms with Gasteiger partial charge in [-0.1, -0.05) is 16.9 Å². The molecule has 23 heavy (non-hydrogen) atoms. The topological polar surface area (TPSA) is 133 Å². The van der Waals surface area contributed by atoms with Crippen LogP contribution in [0.5, 0.6) is 0 Å². The normalized spacial score (nSPS) is 10.3. The summed E-state index contributed by atoms with van der Waals surface area (Å²) in [4.78, 5) is 31.3. The molecule has 1 amide bonds. The number of thioether (sulfide) groups is 1. The molecule has 0 aliphatic carbocycles. The molecule has 0 aromatic carbocycles. The first-order valence-electron chi connectivity index (χ1n) is 6.65. The highest BCUT2D eigenvalue weighted by molar-refractivity contribution is 7.99. The highest BCUT2D eigenvalue weighted by Crippen LogP contribution is 2.17. The Labute approximate surface area is 136 Å². The Morgan fingerprint density at radius 1 is 1.48 bits per heavy atom. The molecule has 0 saturated heterocycles. The van der Waals surface area contributed by atoms with Gasteiger partial charge in [-0.25, -0.2) is 14.8 Å². The van der Waals surface area contributed by atoms with E-state index in [1.165, 1.54) is 6.20 Å². The van der Waals surface area contributed by atoms with E-state index in [4.69, 9.17) is 15.0 Å². The van der Waals surface area contributed by atoms with Crippen molar-refractivity contribution < 1.29 is 18.8 Å². The second-order valence-electron chi connectivity index (χ2n) is 4.34. The van der Waals surface area contributed by atoms with Crippen molar-refractivity contribution >= 4 is 35.3 Å². The first kappa shape index (κ1) is 16.7. The summed E-state index contributed by atoms with van der Waals surface area (Å²) in [5.41, 5.74) is 6.46. The quantitative estimate of drug-likeness (QED) is 0.454. The molecule has 0 saturated carbocycles. The van der Waals surface area contributed by atoms with Crippen molar-refractivity contribution in [3.63, 3.8) is 0 Å². The third-order valence-corrected chi connectivity index (χ3v) is 3.38. The molecule has 2 aromatic heterocycles. The molecule has 0 aliphatic rings. The van der Waals surface area contributed by atoms with Crippen molar-refractivity contribution in [3.8, 4) is 0 Å². The van der Waals surface area contributed by atoms with Gasteiger partial charge in [0.15, 0.2) is 5.16 Å². The van der Waals surface area contributed by atoms with Gasteiger partial charge in [0.2, 0.25) is 11.8 Å². The summed E-state index contributed by atoms with van der Waals surface area (Å²) in [7, 11) is 0. The van der Waals surface area contributed by atoms with Gasteiger partial charge < -0.3 is 15.0 Å². The first-order chi connectivity index (χ1) is 11.0. The molecule has 3 N–H and O–H groups in total. The predicted molar refractivity (Wildman–Crippen MR) is 83.0 cm³/mol. The Morgan fingerprint density at radius 3 is 2.87 bits per heavy atom. The average molecular weight is 337 g/mol. The Hall–Kier alpha value is -2.62. The number of esters is 1. The van der Waals surface area contributed by atoms with Gasteiger partial charge in [-0.15, -0.1) is 0 Å². The molecule has 0 aliphatic heterocycles. The molecule has 0 atom stereocenters. The minimum atomic E-state index is -0.583. The summed E-state index contributed by atoms with van der Waals surface area (Å²) in [6, 6.07) is 1.60. The highest BCUT2D eigenvalue weighted by atomic mass is 32.2. The number of aromatic nitrogens is 3. The third kappa shape index (κ3) is 4.68. The van der Waals surface area contributed by atoms with E-state index >= 15 is 0 Å². The van der Waals surface area contributed by atoms with Gasteiger partial charge in [-0.05, 0) is 13.8 Å². The molecular weight excluding hydrogens is 322 g/mol. The van der Waals surface area contributed by atoms with E-state index in [-0.39, 0.29) is 40.7 Å². The summed E-state index contributed by atoms with van der Waals surface area (Å²) in [5.74, 6) is -0.557. The smallest absolute Gasteiger partial charge is 0.343 e. The SMILES string of the molecule is CCOC(=O)c1cnc(SCC(=O)Nc2cc(C)no2)nc1N. The second-order valence-corrected chi connectivity index (χ2v) is 5.28. The highest BCUT2D eigenvalue weighted by Gasteiger charge is 2.14. The zero-order valence-corrected chi connectivity index (χ0v) is 13.3. The number of aryl methyl sites for hydroxylation is 1. The molecule has 0 radical (unpaired) electrons. The third-order valence-electron chi connectivity index (χ3n) is 2.51. The fourth-order valence-electron chi connectivity index (χ4n) is 1.54. The maximum atomic E-state index is 11.8. The predicted octanol–water partition coefficient (Wildman–Crippen LogP) is 1.26. The zero-order chi connectivity index (χ0) is 16.8. The lowest BCUT2D eigenvalue weighted by atomic mass is 10.3. The molecule has 122 valence electrons. The van der Waals surface area contributed by atoms with E-state index in [1.807, 2.05) is 0 Å².